The molecular formula is C18H23BrN4O4. The van der Waals surface area contributed by atoms with Gasteiger partial charge >= 0.3 is 6.03 Å². The summed E-state index contributed by atoms with van der Waals surface area (Å²) in [5.41, 5.74) is 4.52. The number of hydrogen-bond donors (Lipinski definition) is 4. The highest BCUT2D eigenvalue weighted by Gasteiger charge is 2.48. The van der Waals surface area contributed by atoms with E-state index in [1.807, 2.05) is 0 Å². The molecule has 4 N–H and O–H groups in total. The first-order valence-corrected chi connectivity index (χ1v) is 9.67. The van der Waals surface area contributed by atoms with Crippen molar-refractivity contribution in [3.05, 3.63) is 22.7 Å². The van der Waals surface area contributed by atoms with Gasteiger partial charge in [-0.1, -0.05) is 15.9 Å². The molecule has 1 atom stereocenters. The zero-order valence-corrected chi connectivity index (χ0v) is 16.6. The second-order valence-electron chi connectivity index (χ2n) is 6.99. The lowest BCUT2D eigenvalue weighted by molar-refractivity contribution is -0.135. The van der Waals surface area contributed by atoms with Gasteiger partial charge in [0.25, 0.3) is 0 Å². The number of anilines is 1. The molecule has 2 aliphatic rings. The maximum Gasteiger partial charge on any atom is 0.338 e. The van der Waals surface area contributed by atoms with Crippen molar-refractivity contribution in [2.24, 2.45) is 11.3 Å². The number of ketones is 1. The first-order valence-electron chi connectivity index (χ1n) is 8.88. The highest BCUT2D eigenvalue weighted by Crippen LogP contribution is 2.42. The molecule has 146 valence electrons. The Bertz CT molecular complexity index is 745. The van der Waals surface area contributed by atoms with Gasteiger partial charge in [0.05, 0.1) is 18.2 Å². The molecule has 8 nitrogen and oxygen atoms in total. The lowest BCUT2D eigenvalue weighted by atomic mass is 9.77. The normalized spacial score (nSPS) is 21.4. The number of hydrogen-bond acceptors (Lipinski definition) is 5. The number of benzene rings is 1. The zero-order chi connectivity index (χ0) is 19.4. The van der Waals surface area contributed by atoms with Crippen LogP contribution in [0, 0.1) is 11.3 Å². The van der Waals surface area contributed by atoms with Gasteiger partial charge in [0, 0.05) is 23.4 Å². The van der Waals surface area contributed by atoms with Gasteiger partial charge in [-0.3, -0.25) is 15.0 Å². The van der Waals surface area contributed by atoms with Crippen molar-refractivity contribution in [3.8, 4) is 5.75 Å². The average molecular weight is 439 g/mol. The number of carbonyl (C=O) groups excluding carboxylic acids is 3. The van der Waals surface area contributed by atoms with Crippen LogP contribution < -0.4 is 26.2 Å². The Morgan fingerprint density at radius 1 is 1.30 bits per heavy atom. The van der Waals surface area contributed by atoms with E-state index in [0.29, 0.717) is 24.4 Å². The minimum absolute atomic E-state index is 0.0667. The molecule has 1 aliphatic heterocycles. The molecule has 9 heteroatoms. The molecule has 0 spiro atoms. The molecule has 0 unspecified atom stereocenters. The molecule has 0 aromatic heterocycles. The van der Waals surface area contributed by atoms with E-state index in [0.717, 1.165) is 23.9 Å². The molecule has 0 bridgehead atoms. The number of amides is 3. The van der Waals surface area contributed by atoms with Crippen LogP contribution in [-0.2, 0) is 9.59 Å². The summed E-state index contributed by atoms with van der Waals surface area (Å²) in [6, 6.07) is 4.56. The van der Waals surface area contributed by atoms with Crippen molar-refractivity contribution < 1.29 is 19.1 Å². The Morgan fingerprint density at radius 2 is 2.07 bits per heavy atom. The molecule has 1 aliphatic carbocycles. The molecule has 1 saturated carbocycles. The topological polar surface area (TPSA) is 109 Å². The van der Waals surface area contributed by atoms with Crippen molar-refractivity contribution in [3.63, 3.8) is 0 Å². The molecule has 1 aromatic rings. The molecule has 0 radical (unpaired) electrons. The quantitative estimate of drug-likeness (QED) is 0.507. The fourth-order valence-corrected chi connectivity index (χ4v) is 3.71. The molecular weight excluding hydrogens is 416 g/mol. The molecule has 2 fully saturated rings. The fraction of sp³-hybridized carbons (Fsp3) is 0.500. The van der Waals surface area contributed by atoms with Crippen LogP contribution in [0.15, 0.2) is 22.7 Å². The summed E-state index contributed by atoms with van der Waals surface area (Å²) in [5.74, 6) is 0.369. The molecule has 3 rings (SSSR count). The number of halogens is 1. The molecule has 1 saturated heterocycles. The summed E-state index contributed by atoms with van der Waals surface area (Å²) in [5, 5.41) is 5.79. The summed E-state index contributed by atoms with van der Waals surface area (Å²) < 4.78 is 6.02. The predicted octanol–water partition coefficient (Wildman–Crippen LogP) is 1.96. The lowest BCUT2D eigenvalue weighted by Gasteiger charge is -2.26. The number of carbonyl (C=O) groups is 3. The first-order chi connectivity index (χ1) is 12.9. The van der Waals surface area contributed by atoms with Gasteiger partial charge in [-0.25, -0.2) is 10.2 Å². The highest BCUT2D eigenvalue weighted by molar-refractivity contribution is 9.10. The number of nitrogens with one attached hydrogen (secondary N) is 4. The molecule has 1 heterocycles. The van der Waals surface area contributed by atoms with Gasteiger partial charge in [0.15, 0.2) is 0 Å². The van der Waals surface area contributed by atoms with Crippen molar-refractivity contribution in [2.75, 3.05) is 25.5 Å². The van der Waals surface area contributed by atoms with Crippen LogP contribution in [0.2, 0.25) is 0 Å². The smallest absolute Gasteiger partial charge is 0.338 e. The maximum absolute atomic E-state index is 12.6. The third-order valence-electron chi connectivity index (χ3n) is 4.94. The van der Waals surface area contributed by atoms with E-state index >= 15 is 0 Å². The summed E-state index contributed by atoms with van der Waals surface area (Å²) in [4.78, 5) is 37.0. The van der Waals surface area contributed by atoms with Crippen molar-refractivity contribution in [2.45, 2.75) is 25.7 Å². The highest BCUT2D eigenvalue weighted by atomic mass is 79.9. The average Bonchev–Trinajstić information content (AvgIpc) is 3.40. The van der Waals surface area contributed by atoms with Crippen LogP contribution in [0.5, 0.6) is 5.75 Å². The number of hydrazine groups is 1. The summed E-state index contributed by atoms with van der Waals surface area (Å²) in [7, 11) is 1.50. The van der Waals surface area contributed by atoms with E-state index in [4.69, 9.17) is 4.74 Å². The van der Waals surface area contributed by atoms with Crippen molar-refractivity contribution in [1.82, 2.24) is 16.2 Å². The number of ether oxygens (including phenoxy) is 1. The number of Topliss-reactive ketones (excluding diaryl/α,β-unsaturated/α-hetero) is 1. The molecule has 27 heavy (non-hydrogen) atoms. The largest absolute Gasteiger partial charge is 0.495 e. The number of methoxy groups -OCH3 is 1. The monoisotopic (exact) mass is 438 g/mol. The third kappa shape index (κ3) is 4.78. The molecule has 3 amide bonds. The summed E-state index contributed by atoms with van der Waals surface area (Å²) in [6.45, 7) is 1.24. The van der Waals surface area contributed by atoms with Gasteiger partial charge in [-0.2, -0.15) is 0 Å². The Hall–Kier alpha value is -2.13. The second-order valence-corrected chi connectivity index (χ2v) is 7.91. The van der Waals surface area contributed by atoms with E-state index < -0.39 is 11.4 Å². The predicted molar refractivity (Wildman–Crippen MR) is 103 cm³/mol. The summed E-state index contributed by atoms with van der Waals surface area (Å²) >= 11 is 3.33. The maximum atomic E-state index is 12.6. The van der Waals surface area contributed by atoms with Crippen molar-refractivity contribution in [1.29, 1.82) is 0 Å². The standard InChI is InChI=1S/C18H23BrN4O4/c1-27-14-8-12(19)4-5-13(14)21-17(26)23-22-15(24)9-18(6-7-20-10-18)16(25)11-2-3-11/h4-5,8,11,20H,2-3,6-7,9-10H2,1H3,(H,22,24)(H2,21,23,26)/t18-/m0/s1. The minimum Gasteiger partial charge on any atom is -0.495 e. The van der Waals surface area contributed by atoms with Gasteiger partial charge < -0.3 is 15.4 Å². The molecule has 1 aromatic carbocycles. The van der Waals surface area contributed by atoms with E-state index in [1.54, 1.807) is 18.2 Å². The Morgan fingerprint density at radius 3 is 2.70 bits per heavy atom. The van der Waals surface area contributed by atoms with Crippen molar-refractivity contribution >= 4 is 39.3 Å². The van der Waals surface area contributed by atoms with E-state index in [-0.39, 0.29) is 24.0 Å². The van der Waals surface area contributed by atoms with Crippen LogP contribution >= 0.6 is 15.9 Å². The van der Waals surface area contributed by atoms with Gasteiger partial charge in [0.1, 0.15) is 11.5 Å². The van der Waals surface area contributed by atoms with Crippen LogP contribution in [0.25, 0.3) is 0 Å². The van der Waals surface area contributed by atoms with Crippen LogP contribution in [-0.4, -0.2) is 37.9 Å². The Labute approximate surface area is 165 Å². The van der Waals surface area contributed by atoms with E-state index in [9.17, 15) is 14.4 Å². The van der Waals surface area contributed by atoms with Gasteiger partial charge in [0.2, 0.25) is 5.91 Å². The zero-order valence-electron chi connectivity index (χ0n) is 15.1. The number of urea groups is 1. The number of rotatable bonds is 6. The third-order valence-corrected chi connectivity index (χ3v) is 5.43. The van der Waals surface area contributed by atoms with Gasteiger partial charge in [-0.15, -0.1) is 0 Å². The summed E-state index contributed by atoms with van der Waals surface area (Å²) in [6.07, 6.45) is 2.55. The minimum atomic E-state index is -0.654. The first kappa shape index (κ1) is 19.6. The Kier molecular flexibility index (Phi) is 6.01. The van der Waals surface area contributed by atoms with Gasteiger partial charge in [-0.05, 0) is 44.0 Å². The van der Waals surface area contributed by atoms with Crippen LogP contribution in [0.3, 0.4) is 0 Å². The van der Waals surface area contributed by atoms with E-state index in [2.05, 4.69) is 37.4 Å². The fourth-order valence-electron chi connectivity index (χ4n) is 3.37. The Balaban J connectivity index is 1.52. The van der Waals surface area contributed by atoms with Crippen LogP contribution in [0.4, 0.5) is 10.5 Å². The SMILES string of the molecule is COc1cc(Br)ccc1NC(=O)NNC(=O)C[C@@]1(C(=O)C2CC2)CCNC1. The van der Waals surface area contributed by atoms with Crippen LogP contribution in [0.1, 0.15) is 25.7 Å². The second kappa shape index (κ2) is 8.26. The lowest BCUT2D eigenvalue weighted by Crippen LogP contribution is -2.47. The van der Waals surface area contributed by atoms with E-state index in [1.165, 1.54) is 7.11 Å².